The summed E-state index contributed by atoms with van der Waals surface area (Å²) in [5, 5.41) is 3.62. The lowest BCUT2D eigenvalue weighted by Gasteiger charge is -2.42. The first-order valence-corrected chi connectivity index (χ1v) is 8.37. The van der Waals surface area contributed by atoms with E-state index in [4.69, 9.17) is 0 Å². The van der Waals surface area contributed by atoms with Crippen LogP contribution >= 0.6 is 0 Å². The third kappa shape index (κ3) is 4.50. The Morgan fingerprint density at radius 2 is 2.00 bits per heavy atom. The van der Waals surface area contributed by atoms with Gasteiger partial charge in [0.15, 0.2) is 0 Å². The SMILES string of the molecule is CC(C)NCC1CCC(C(C)(C)C)CC1c1cnccn1. The Hall–Kier alpha value is -0.960. The van der Waals surface area contributed by atoms with Crippen molar-refractivity contribution in [2.45, 2.75) is 65.8 Å². The van der Waals surface area contributed by atoms with E-state index in [1.165, 1.54) is 25.0 Å². The van der Waals surface area contributed by atoms with E-state index in [-0.39, 0.29) is 0 Å². The Labute approximate surface area is 130 Å². The standard InChI is InChI=1S/C18H31N3/c1-13(2)21-11-14-6-7-15(18(3,4)5)10-16(14)17-12-19-8-9-20-17/h8-9,12-16,21H,6-7,10-11H2,1-5H3. The summed E-state index contributed by atoms with van der Waals surface area (Å²) in [7, 11) is 0. The lowest BCUT2D eigenvalue weighted by atomic mass is 9.65. The van der Waals surface area contributed by atoms with Gasteiger partial charge in [-0.1, -0.05) is 34.6 Å². The van der Waals surface area contributed by atoms with Crippen LogP contribution in [0.5, 0.6) is 0 Å². The van der Waals surface area contributed by atoms with Gasteiger partial charge in [-0.05, 0) is 43.1 Å². The van der Waals surface area contributed by atoms with E-state index in [2.05, 4.69) is 49.9 Å². The fourth-order valence-corrected chi connectivity index (χ4v) is 3.52. The molecule has 0 amide bonds. The number of hydrogen-bond acceptors (Lipinski definition) is 3. The zero-order valence-electron chi connectivity index (χ0n) is 14.3. The van der Waals surface area contributed by atoms with Crippen LogP contribution in [0.4, 0.5) is 0 Å². The van der Waals surface area contributed by atoms with Crippen LogP contribution in [0, 0.1) is 17.3 Å². The van der Waals surface area contributed by atoms with Crippen molar-refractivity contribution in [2.75, 3.05) is 6.54 Å². The number of aromatic nitrogens is 2. The first kappa shape index (κ1) is 16.4. The highest BCUT2D eigenvalue weighted by Crippen LogP contribution is 2.46. The molecule has 1 aliphatic rings. The predicted octanol–water partition coefficient (Wildman–Crippen LogP) is 4.02. The number of nitrogens with zero attached hydrogens (tertiary/aromatic N) is 2. The molecule has 0 bridgehead atoms. The van der Waals surface area contributed by atoms with Gasteiger partial charge in [-0.2, -0.15) is 0 Å². The van der Waals surface area contributed by atoms with E-state index in [1.54, 1.807) is 6.20 Å². The summed E-state index contributed by atoms with van der Waals surface area (Å²) in [6.07, 6.45) is 9.45. The molecule has 1 aromatic heterocycles. The molecule has 1 aliphatic carbocycles. The van der Waals surface area contributed by atoms with Crippen LogP contribution < -0.4 is 5.32 Å². The highest BCUT2D eigenvalue weighted by atomic mass is 14.9. The van der Waals surface area contributed by atoms with Crippen LogP contribution in [0.3, 0.4) is 0 Å². The molecule has 0 saturated heterocycles. The van der Waals surface area contributed by atoms with Gasteiger partial charge in [-0.15, -0.1) is 0 Å². The summed E-state index contributed by atoms with van der Waals surface area (Å²) < 4.78 is 0. The zero-order valence-corrected chi connectivity index (χ0v) is 14.3. The largest absolute Gasteiger partial charge is 0.314 e. The van der Waals surface area contributed by atoms with E-state index in [9.17, 15) is 0 Å². The van der Waals surface area contributed by atoms with Crippen LogP contribution in [0.15, 0.2) is 18.6 Å². The second-order valence-corrected chi connectivity index (χ2v) is 7.94. The van der Waals surface area contributed by atoms with Gasteiger partial charge in [-0.25, -0.2) is 0 Å². The lowest BCUT2D eigenvalue weighted by molar-refractivity contribution is 0.127. The summed E-state index contributed by atoms with van der Waals surface area (Å²) in [4.78, 5) is 8.90. The first-order chi connectivity index (χ1) is 9.88. The number of rotatable bonds is 4. The highest BCUT2D eigenvalue weighted by Gasteiger charge is 2.37. The van der Waals surface area contributed by atoms with Crippen LogP contribution in [0.25, 0.3) is 0 Å². The quantitative estimate of drug-likeness (QED) is 0.909. The van der Waals surface area contributed by atoms with Crippen LogP contribution in [0.2, 0.25) is 0 Å². The number of nitrogens with one attached hydrogen (secondary N) is 1. The van der Waals surface area contributed by atoms with Gasteiger partial charge in [-0.3, -0.25) is 9.97 Å². The molecule has 1 saturated carbocycles. The Balaban J connectivity index is 2.14. The minimum atomic E-state index is 0.386. The maximum atomic E-state index is 4.61. The molecular weight excluding hydrogens is 258 g/mol. The van der Waals surface area contributed by atoms with Crippen molar-refractivity contribution >= 4 is 0 Å². The number of hydrogen-bond donors (Lipinski definition) is 1. The third-order valence-electron chi connectivity index (χ3n) is 4.97. The molecule has 1 aromatic rings. The molecule has 1 fully saturated rings. The van der Waals surface area contributed by atoms with Crippen molar-refractivity contribution < 1.29 is 0 Å². The molecule has 0 spiro atoms. The van der Waals surface area contributed by atoms with E-state index < -0.39 is 0 Å². The average Bonchev–Trinajstić information content (AvgIpc) is 2.45. The smallest absolute Gasteiger partial charge is 0.0620 e. The van der Waals surface area contributed by atoms with Crippen molar-refractivity contribution in [3.8, 4) is 0 Å². The van der Waals surface area contributed by atoms with Crippen molar-refractivity contribution in [1.29, 1.82) is 0 Å². The van der Waals surface area contributed by atoms with Gasteiger partial charge in [0.1, 0.15) is 0 Å². The Bertz CT molecular complexity index is 422. The predicted molar refractivity (Wildman–Crippen MR) is 88.2 cm³/mol. The van der Waals surface area contributed by atoms with Crippen molar-refractivity contribution in [2.24, 2.45) is 17.3 Å². The Morgan fingerprint density at radius 3 is 2.57 bits per heavy atom. The molecule has 3 nitrogen and oxygen atoms in total. The van der Waals surface area contributed by atoms with Crippen LogP contribution in [-0.4, -0.2) is 22.6 Å². The molecule has 1 heterocycles. The van der Waals surface area contributed by atoms with Crippen molar-refractivity contribution in [3.05, 3.63) is 24.3 Å². The van der Waals surface area contributed by atoms with Crippen LogP contribution in [0.1, 0.15) is 65.5 Å². The maximum Gasteiger partial charge on any atom is 0.0620 e. The summed E-state index contributed by atoms with van der Waals surface area (Å²) >= 11 is 0. The van der Waals surface area contributed by atoms with Crippen molar-refractivity contribution in [1.82, 2.24) is 15.3 Å². The minimum absolute atomic E-state index is 0.386. The van der Waals surface area contributed by atoms with E-state index in [1.807, 2.05) is 12.4 Å². The normalized spacial score (nSPS) is 27.0. The van der Waals surface area contributed by atoms with Gasteiger partial charge in [0.2, 0.25) is 0 Å². The molecule has 1 N–H and O–H groups in total. The van der Waals surface area contributed by atoms with E-state index in [0.29, 0.717) is 23.3 Å². The molecule has 118 valence electrons. The van der Waals surface area contributed by atoms with E-state index >= 15 is 0 Å². The Kier molecular flexibility index (Phi) is 5.37. The lowest BCUT2D eigenvalue weighted by Crippen LogP contribution is -2.37. The highest BCUT2D eigenvalue weighted by molar-refractivity contribution is 5.08. The Morgan fingerprint density at radius 1 is 1.24 bits per heavy atom. The first-order valence-electron chi connectivity index (χ1n) is 8.37. The third-order valence-corrected chi connectivity index (χ3v) is 4.97. The maximum absolute atomic E-state index is 4.61. The molecule has 3 unspecified atom stereocenters. The monoisotopic (exact) mass is 289 g/mol. The van der Waals surface area contributed by atoms with Crippen LogP contribution in [-0.2, 0) is 0 Å². The second kappa shape index (κ2) is 6.87. The summed E-state index contributed by atoms with van der Waals surface area (Å²) in [6, 6.07) is 0.549. The molecule has 0 radical (unpaired) electrons. The summed E-state index contributed by atoms with van der Waals surface area (Å²) in [6.45, 7) is 12.7. The zero-order chi connectivity index (χ0) is 15.5. The fourth-order valence-electron chi connectivity index (χ4n) is 3.52. The fraction of sp³-hybridized carbons (Fsp3) is 0.778. The van der Waals surface area contributed by atoms with Gasteiger partial charge < -0.3 is 5.32 Å². The molecule has 21 heavy (non-hydrogen) atoms. The average molecular weight is 289 g/mol. The topological polar surface area (TPSA) is 37.8 Å². The second-order valence-electron chi connectivity index (χ2n) is 7.94. The summed E-state index contributed by atoms with van der Waals surface area (Å²) in [5.41, 5.74) is 1.57. The van der Waals surface area contributed by atoms with Gasteiger partial charge in [0.05, 0.1) is 5.69 Å². The van der Waals surface area contributed by atoms with E-state index in [0.717, 1.165) is 12.5 Å². The van der Waals surface area contributed by atoms with Gasteiger partial charge in [0, 0.05) is 30.6 Å². The van der Waals surface area contributed by atoms with Gasteiger partial charge >= 0.3 is 0 Å². The molecule has 0 aliphatic heterocycles. The molecule has 3 heteroatoms. The summed E-state index contributed by atoms with van der Waals surface area (Å²) in [5.74, 6) is 2.01. The van der Waals surface area contributed by atoms with Crippen molar-refractivity contribution in [3.63, 3.8) is 0 Å². The minimum Gasteiger partial charge on any atom is -0.314 e. The molecular formula is C18H31N3. The van der Waals surface area contributed by atoms with Gasteiger partial charge in [0.25, 0.3) is 0 Å². The molecule has 3 atom stereocenters. The molecule has 0 aromatic carbocycles. The molecule has 2 rings (SSSR count).